The predicted octanol–water partition coefficient (Wildman–Crippen LogP) is 3.56. The molecule has 0 aliphatic rings. The number of carbonyl (C=O) groups is 1. The molecule has 1 aromatic carbocycles. The third kappa shape index (κ3) is 2.98. The number of nitrogens with zero attached hydrogens (tertiary/aromatic N) is 2. The maximum atomic E-state index is 11.1. The van der Waals surface area contributed by atoms with E-state index >= 15 is 0 Å². The van der Waals surface area contributed by atoms with E-state index in [1.54, 1.807) is 18.2 Å². The van der Waals surface area contributed by atoms with E-state index in [2.05, 4.69) is 15.6 Å². The highest BCUT2D eigenvalue weighted by Gasteiger charge is 2.14. The van der Waals surface area contributed by atoms with Gasteiger partial charge in [0.15, 0.2) is 5.13 Å². The van der Waals surface area contributed by atoms with Gasteiger partial charge in [0.25, 0.3) is 0 Å². The van der Waals surface area contributed by atoms with Crippen molar-refractivity contribution in [2.75, 3.05) is 5.73 Å². The molecule has 0 spiro atoms. The monoisotopic (exact) mass is 327 g/mol. The first-order chi connectivity index (χ1) is 11.0. The normalized spacial score (nSPS) is 10.9. The highest BCUT2D eigenvalue weighted by Crippen LogP contribution is 2.29. The van der Waals surface area contributed by atoms with E-state index in [0.717, 1.165) is 28.2 Å². The summed E-state index contributed by atoms with van der Waals surface area (Å²) in [6, 6.07) is 9.11. The number of hydrogen-bond donors (Lipinski definition) is 2. The van der Waals surface area contributed by atoms with Gasteiger partial charge in [-0.15, -0.1) is 11.3 Å². The van der Waals surface area contributed by atoms with E-state index in [-0.39, 0.29) is 0 Å². The van der Waals surface area contributed by atoms with Crippen molar-refractivity contribution in [3.63, 3.8) is 0 Å². The first kappa shape index (κ1) is 15.3. The molecule has 6 heteroatoms. The number of rotatable bonds is 4. The van der Waals surface area contributed by atoms with E-state index in [0.29, 0.717) is 17.2 Å². The average molecular weight is 327 g/mol. The van der Waals surface area contributed by atoms with E-state index in [9.17, 15) is 4.79 Å². The Hall–Kier alpha value is -2.60. The summed E-state index contributed by atoms with van der Waals surface area (Å²) in [7, 11) is 0. The van der Waals surface area contributed by atoms with Crippen LogP contribution in [0.25, 0.3) is 11.3 Å². The van der Waals surface area contributed by atoms with E-state index < -0.39 is 5.97 Å². The Bertz CT molecular complexity index is 880. The maximum absolute atomic E-state index is 11.1. The van der Waals surface area contributed by atoms with Crippen LogP contribution in [0.15, 0.2) is 35.7 Å². The molecule has 0 unspecified atom stereocenters. The summed E-state index contributed by atoms with van der Waals surface area (Å²) in [4.78, 5) is 15.5. The first-order valence-corrected chi connectivity index (χ1v) is 8.04. The van der Waals surface area contributed by atoms with Gasteiger partial charge in [0.1, 0.15) is 0 Å². The van der Waals surface area contributed by atoms with Crippen LogP contribution in [0.1, 0.15) is 27.3 Å². The minimum absolute atomic E-state index is 0.303. The smallest absolute Gasteiger partial charge is 0.335 e. The Labute approximate surface area is 138 Å². The van der Waals surface area contributed by atoms with Gasteiger partial charge in [0.05, 0.1) is 11.3 Å². The number of aromatic nitrogens is 2. The Kier molecular flexibility index (Phi) is 3.92. The summed E-state index contributed by atoms with van der Waals surface area (Å²) in [6.07, 6.45) is 0. The van der Waals surface area contributed by atoms with Gasteiger partial charge in [0, 0.05) is 28.9 Å². The van der Waals surface area contributed by atoms with E-state index in [4.69, 9.17) is 10.8 Å². The van der Waals surface area contributed by atoms with Gasteiger partial charge in [-0.25, -0.2) is 9.78 Å². The average Bonchev–Trinajstić information content (AvgIpc) is 3.06. The lowest BCUT2D eigenvalue weighted by Gasteiger charge is -2.10. The molecule has 0 saturated carbocycles. The molecule has 0 fully saturated rings. The van der Waals surface area contributed by atoms with E-state index in [1.807, 2.05) is 25.3 Å². The van der Waals surface area contributed by atoms with Crippen molar-refractivity contribution in [3.8, 4) is 11.3 Å². The topological polar surface area (TPSA) is 81.1 Å². The summed E-state index contributed by atoms with van der Waals surface area (Å²) in [6.45, 7) is 4.70. The highest BCUT2D eigenvalue weighted by molar-refractivity contribution is 7.13. The number of hydrogen-bond acceptors (Lipinski definition) is 4. The summed E-state index contributed by atoms with van der Waals surface area (Å²) < 4.78 is 2.16. The molecule has 5 nitrogen and oxygen atoms in total. The Balaban J connectivity index is 1.96. The lowest BCUT2D eigenvalue weighted by atomic mass is 10.1. The van der Waals surface area contributed by atoms with Crippen molar-refractivity contribution >= 4 is 22.4 Å². The number of thiazole rings is 1. The lowest BCUT2D eigenvalue weighted by Crippen LogP contribution is -2.05. The van der Waals surface area contributed by atoms with Crippen LogP contribution in [0.2, 0.25) is 0 Å². The minimum Gasteiger partial charge on any atom is -0.478 e. The molecule has 0 saturated heterocycles. The number of carboxylic acids is 1. The number of nitrogen functional groups attached to an aromatic ring is 1. The lowest BCUT2D eigenvalue weighted by molar-refractivity contribution is 0.0696. The molecule has 0 radical (unpaired) electrons. The summed E-state index contributed by atoms with van der Waals surface area (Å²) in [5.41, 5.74) is 11.1. The molecular weight excluding hydrogens is 310 g/mol. The summed E-state index contributed by atoms with van der Waals surface area (Å²) in [5.74, 6) is -0.911. The molecule has 0 amide bonds. The van der Waals surface area contributed by atoms with Crippen LogP contribution in [0.5, 0.6) is 0 Å². The molecule has 0 aliphatic heterocycles. The van der Waals surface area contributed by atoms with Crippen molar-refractivity contribution in [1.29, 1.82) is 0 Å². The highest BCUT2D eigenvalue weighted by atomic mass is 32.1. The molecule has 118 valence electrons. The third-order valence-corrected chi connectivity index (χ3v) is 4.56. The van der Waals surface area contributed by atoms with Gasteiger partial charge >= 0.3 is 5.97 Å². The zero-order valence-electron chi connectivity index (χ0n) is 12.9. The van der Waals surface area contributed by atoms with E-state index in [1.165, 1.54) is 11.3 Å². The van der Waals surface area contributed by atoms with Crippen molar-refractivity contribution in [1.82, 2.24) is 9.55 Å². The molecule has 2 aromatic heterocycles. The number of carboxylic acid groups (broad SMARTS) is 1. The quantitative estimate of drug-likeness (QED) is 0.768. The molecule has 0 atom stereocenters. The van der Waals surface area contributed by atoms with Gasteiger partial charge in [0.2, 0.25) is 0 Å². The zero-order valence-corrected chi connectivity index (χ0v) is 13.7. The van der Waals surface area contributed by atoms with Gasteiger partial charge < -0.3 is 15.4 Å². The van der Waals surface area contributed by atoms with Crippen LogP contribution in [0.4, 0.5) is 5.13 Å². The van der Waals surface area contributed by atoms with Gasteiger partial charge in [-0.05, 0) is 37.6 Å². The van der Waals surface area contributed by atoms with Crippen LogP contribution in [-0.2, 0) is 6.54 Å². The molecule has 23 heavy (non-hydrogen) atoms. The number of aromatic carboxylic acids is 1. The number of aryl methyl sites for hydroxylation is 1. The molecular formula is C17H17N3O2S. The van der Waals surface area contributed by atoms with Gasteiger partial charge in [-0.3, -0.25) is 0 Å². The summed E-state index contributed by atoms with van der Waals surface area (Å²) in [5, 5.41) is 11.6. The fourth-order valence-electron chi connectivity index (χ4n) is 2.70. The Morgan fingerprint density at radius 3 is 2.78 bits per heavy atom. The van der Waals surface area contributed by atoms with Gasteiger partial charge in [-0.2, -0.15) is 0 Å². The van der Waals surface area contributed by atoms with Crippen molar-refractivity contribution < 1.29 is 9.90 Å². The number of nitrogens with two attached hydrogens (primary N) is 1. The van der Waals surface area contributed by atoms with Crippen LogP contribution in [0, 0.1) is 13.8 Å². The standard InChI is InChI=1S/C17H17N3O2S/c1-10-6-14(15-9-23-17(18)19-15)11(2)20(10)8-12-4-3-5-13(7-12)16(21)22/h3-7,9H,8H2,1-2H3,(H2,18,19)(H,21,22). The van der Waals surface area contributed by atoms with Crippen molar-refractivity contribution in [2.24, 2.45) is 0 Å². The molecule has 3 N–H and O–H groups in total. The second-order valence-electron chi connectivity index (χ2n) is 5.45. The second kappa shape index (κ2) is 5.89. The first-order valence-electron chi connectivity index (χ1n) is 7.16. The SMILES string of the molecule is Cc1cc(-c2csc(N)n2)c(C)n1Cc1cccc(C(=O)O)c1. The zero-order chi connectivity index (χ0) is 16.6. The summed E-state index contributed by atoms with van der Waals surface area (Å²) >= 11 is 1.42. The Morgan fingerprint density at radius 1 is 1.35 bits per heavy atom. The Morgan fingerprint density at radius 2 is 2.13 bits per heavy atom. The largest absolute Gasteiger partial charge is 0.478 e. The van der Waals surface area contributed by atoms with Crippen LogP contribution >= 0.6 is 11.3 Å². The third-order valence-electron chi connectivity index (χ3n) is 3.89. The predicted molar refractivity (Wildman–Crippen MR) is 91.9 cm³/mol. The maximum Gasteiger partial charge on any atom is 0.335 e. The van der Waals surface area contributed by atoms with Crippen LogP contribution < -0.4 is 5.73 Å². The van der Waals surface area contributed by atoms with Crippen LogP contribution in [0.3, 0.4) is 0 Å². The van der Waals surface area contributed by atoms with Crippen molar-refractivity contribution in [2.45, 2.75) is 20.4 Å². The molecule has 2 heterocycles. The molecule has 3 aromatic rings. The number of anilines is 1. The fourth-order valence-corrected chi connectivity index (χ4v) is 3.26. The fraction of sp³-hybridized carbons (Fsp3) is 0.176. The van der Waals surface area contributed by atoms with Gasteiger partial charge in [-0.1, -0.05) is 12.1 Å². The minimum atomic E-state index is -0.911. The van der Waals surface area contributed by atoms with Crippen molar-refractivity contribution in [3.05, 3.63) is 58.2 Å². The molecule has 0 bridgehead atoms. The molecule has 0 aliphatic carbocycles. The second-order valence-corrected chi connectivity index (χ2v) is 6.34. The molecule has 3 rings (SSSR count). The number of benzene rings is 1. The van der Waals surface area contributed by atoms with Crippen LogP contribution in [-0.4, -0.2) is 20.6 Å².